The second-order valence-electron chi connectivity index (χ2n) is 5.05. The van der Waals surface area contributed by atoms with Gasteiger partial charge in [0.1, 0.15) is 5.75 Å². The number of phenols is 1. The molecule has 108 valence electrons. The summed E-state index contributed by atoms with van der Waals surface area (Å²) in [5.74, 6) is 0.609. The second-order valence-corrected chi connectivity index (χ2v) is 5.05. The van der Waals surface area contributed by atoms with E-state index < -0.39 is 0 Å². The molecule has 1 N–H and O–H groups in total. The van der Waals surface area contributed by atoms with Gasteiger partial charge in [0, 0.05) is 12.0 Å². The summed E-state index contributed by atoms with van der Waals surface area (Å²) in [6.07, 6.45) is 0.800. The lowest BCUT2D eigenvalue weighted by atomic mass is 9.97. The zero-order valence-corrected chi connectivity index (χ0v) is 11.7. The van der Waals surface area contributed by atoms with E-state index in [0.717, 1.165) is 17.5 Å². The number of hydrogen-bond acceptors (Lipinski definition) is 4. The molecule has 0 saturated heterocycles. The molecule has 4 nitrogen and oxygen atoms in total. The zero-order valence-electron chi connectivity index (χ0n) is 11.7. The highest BCUT2D eigenvalue weighted by Gasteiger charge is 2.28. The fraction of sp³-hybridized carbons (Fsp3) is 0.235. The number of hydrogen-bond donors (Lipinski definition) is 1. The Morgan fingerprint density at radius 1 is 1.24 bits per heavy atom. The Kier molecular flexibility index (Phi) is 3.62. The second kappa shape index (κ2) is 5.58. The van der Waals surface area contributed by atoms with Crippen molar-refractivity contribution in [1.82, 2.24) is 0 Å². The number of Topliss-reactive ketones (excluding diaryl/α,β-unsaturated/α-hetero) is 1. The first-order valence-electron chi connectivity index (χ1n) is 6.99. The molecule has 4 heteroatoms. The molecule has 1 atom stereocenters. The van der Waals surface area contributed by atoms with Crippen LogP contribution >= 0.6 is 0 Å². The minimum Gasteiger partial charge on any atom is -0.507 e. The number of benzene rings is 2. The maximum absolute atomic E-state index is 11.9. The van der Waals surface area contributed by atoms with Crippen molar-refractivity contribution in [3.63, 3.8) is 0 Å². The van der Waals surface area contributed by atoms with E-state index in [1.54, 1.807) is 18.2 Å². The summed E-state index contributed by atoms with van der Waals surface area (Å²) in [5.41, 5.74) is 2.02. The van der Waals surface area contributed by atoms with Gasteiger partial charge in [0.15, 0.2) is 17.6 Å². The SMILES string of the molecule is CCCC(=O)c1ccc(C2OOc3ccccc32)cc1O. The van der Waals surface area contributed by atoms with Crippen molar-refractivity contribution in [3.8, 4) is 11.5 Å². The fourth-order valence-corrected chi connectivity index (χ4v) is 2.47. The van der Waals surface area contributed by atoms with Crippen LogP contribution in [0.1, 0.15) is 47.4 Å². The van der Waals surface area contributed by atoms with Crippen LogP contribution in [0.3, 0.4) is 0 Å². The van der Waals surface area contributed by atoms with Gasteiger partial charge in [-0.05, 0) is 30.2 Å². The Morgan fingerprint density at radius 3 is 2.81 bits per heavy atom. The standard InChI is InChI=1S/C17H16O4/c1-2-5-14(18)12-9-8-11(10-15(12)19)17-13-6-3-4-7-16(13)20-21-17/h3-4,6-10,17,19H,2,5H2,1H3. The predicted molar refractivity (Wildman–Crippen MR) is 77.3 cm³/mol. The predicted octanol–water partition coefficient (Wildman–Crippen LogP) is 3.79. The number of rotatable bonds is 4. The molecule has 0 fully saturated rings. The molecule has 21 heavy (non-hydrogen) atoms. The van der Waals surface area contributed by atoms with E-state index in [1.165, 1.54) is 0 Å². The molecule has 0 spiro atoms. The van der Waals surface area contributed by atoms with Gasteiger partial charge in [-0.15, -0.1) is 0 Å². The van der Waals surface area contributed by atoms with Crippen LogP contribution in [0.5, 0.6) is 11.5 Å². The van der Waals surface area contributed by atoms with E-state index >= 15 is 0 Å². The van der Waals surface area contributed by atoms with Crippen molar-refractivity contribution >= 4 is 5.78 Å². The largest absolute Gasteiger partial charge is 0.507 e. The van der Waals surface area contributed by atoms with E-state index in [9.17, 15) is 9.90 Å². The molecule has 1 aliphatic heterocycles. The average Bonchev–Trinajstić information content (AvgIpc) is 2.91. The van der Waals surface area contributed by atoms with Crippen LogP contribution in [0.2, 0.25) is 0 Å². The molecule has 2 aromatic rings. The molecule has 1 unspecified atom stereocenters. The summed E-state index contributed by atoms with van der Waals surface area (Å²) >= 11 is 0. The van der Waals surface area contributed by atoms with Crippen LogP contribution < -0.4 is 4.89 Å². The van der Waals surface area contributed by atoms with Crippen LogP contribution in [-0.4, -0.2) is 10.9 Å². The molecule has 0 saturated carbocycles. The Morgan fingerprint density at radius 2 is 2.05 bits per heavy atom. The van der Waals surface area contributed by atoms with Gasteiger partial charge in [0.05, 0.1) is 5.56 Å². The Labute approximate surface area is 122 Å². The van der Waals surface area contributed by atoms with Gasteiger partial charge < -0.3 is 9.99 Å². The summed E-state index contributed by atoms with van der Waals surface area (Å²) < 4.78 is 0. The van der Waals surface area contributed by atoms with Gasteiger partial charge >= 0.3 is 0 Å². The molecular weight excluding hydrogens is 268 g/mol. The minimum atomic E-state index is -0.387. The van der Waals surface area contributed by atoms with E-state index in [1.807, 2.05) is 31.2 Å². The third kappa shape index (κ3) is 2.50. The third-order valence-corrected chi connectivity index (χ3v) is 3.54. The van der Waals surface area contributed by atoms with E-state index in [2.05, 4.69) is 0 Å². The number of ketones is 1. The number of fused-ring (bicyclic) bond motifs is 1. The topological polar surface area (TPSA) is 55.8 Å². The molecule has 3 rings (SSSR count). The molecule has 0 radical (unpaired) electrons. The highest BCUT2D eigenvalue weighted by Crippen LogP contribution is 2.40. The molecule has 0 aliphatic carbocycles. The van der Waals surface area contributed by atoms with Crippen molar-refractivity contribution in [1.29, 1.82) is 0 Å². The molecular formula is C17H16O4. The monoisotopic (exact) mass is 284 g/mol. The lowest BCUT2D eigenvalue weighted by Crippen LogP contribution is -2.03. The molecule has 1 heterocycles. The minimum absolute atomic E-state index is 0.0149. The number of para-hydroxylation sites is 1. The summed E-state index contributed by atoms with van der Waals surface area (Å²) in [6.45, 7) is 1.93. The first-order valence-corrected chi connectivity index (χ1v) is 6.99. The normalized spacial score (nSPS) is 16.3. The molecule has 0 bridgehead atoms. The highest BCUT2D eigenvalue weighted by atomic mass is 17.2. The van der Waals surface area contributed by atoms with Gasteiger partial charge in [0.2, 0.25) is 0 Å². The van der Waals surface area contributed by atoms with E-state index in [-0.39, 0.29) is 17.6 Å². The molecule has 2 aromatic carbocycles. The first-order chi connectivity index (χ1) is 10.2. The summed E-state index contributed by atoms with van der Waals surface area (Å²) in [7, 11) is 0. The highest BCUT2D eigenvalue weighted by molar-refractivity contribution is 5.98. The number of carbonyl (C=O) groups excluding carboxylic acids is 1. The van der Waals surface area contributed by atoms with E-state index in [4.69, 9.17) is 9.78 Å². The van der Waals surface area contributed by atoms with Crippen LogP contribution in [0, 0.1) is 0 Å². The third-order valence-electron chi connectivity index (χ3n) is 3.54. The lowest BCUT2D eigenvalue weighted by Gasteiger charge is -2.10. The van der Waals surface area contributed by atoms with Gasteiger partial charge in [-0.2, -0.15) is 4.89 Å². The number of carbonyl (C=O) groups is 1. The fourth-order valence-electron chi connectivity index (χ4n) is 2.47. The van der Waals surface area contributed by atoms with Crippen LogP contribution in [0.25, 0.3) is 0 Å². The summed E-state index contributed by atoms with van der Waals surface area (Å²) in [5, 5.41) is 10.1. The Bertz CT molecular complexity index is 678. The average molecular weight is 284 g/mol. The van der Waals surface area contributed by atoms with Crippen molar-refractivity contribution < 1.29 is 19.7 Å². The number of aromatic hydroxyl groups is 1. The van der Waals surface area contributed by atoms with Gasteiger partial charge in [-0.1, -0.05) is 31.2 Å². The van der Waals surface area contributed by atoms with Crippen molar-refractivity contribution in [2.24, 2.45) is 0 Å². The number of phenolic OH excluding ortho intramolecular Hbond substituents is 1. The zero-order chi connectivity index (χ0) is 14.8. The van der Waals surface area contributed by atoms with Crippen LogP contribution in [-0.2, 0) is 4.89 Å². The quantitative estimate of drug-likeness (QED) is 0.685. The maximum atomic E-state index is 11.9. The Hall–Kier alpha value is -2.33. The molecule has 1 aliphatic rings. The molecule has 0 aromatic heterocycles. The summed E-state index contributed by atoms with van der Waals surface area (Å²) in [6, 6.07) is 12.5. The van der Waals surface area contributed by atoms with Gasteiger partial charge in [-0.3, -0.25) is 4.79 Å². The lowest BCUT2D eigenvalue weighted by molar-refractivity contribution is -0.212. The van der Waals surface area contributed by atoms with Crippen molar-refractivity contribution in [2.75, 3.05) is 0 Å². The molecule has 0 amide bonds. The van der Waals surface area contributed by atoms with Crippen LogP contribution in [0.15, 0.2) is 42.5 Å². The smallest absolute Gasteiger partial charge is 0.171 e. The Balaban J connectivity index is 1.92. The van der Waals surface area contributed by atoms with Gasteiger partial charge in [0.25, 0.3) is 0 Å². The summed E-state index contributed by atoms with van der Waals surface area (Å²) in [4.78, 5) is 22.4. The first kappa shape index (κ1) is 13.6. The van der Waals surface area contributed by atoms with Crippen LogP contribution in [0.4, 0.5) is 0 Å². The maximum Gasteiger partial charge on any atom is 0.171 e. The van der Waals surface area contributed by atoms with Crippen molar-refractivity contribution in [3.05, 3.63) is 59.2 Å². The van der Waals surface area contributed by atoms with Crippen molar-refractivity contribution in [2.45, 2.75) is 25.9 Å². The van der Waals surface area contributed by atoms with E-state index in [0.29, 0.717) is 17.7 Å². The van der Waals surface area contributed by atoms with Gasteiger partial charge in [-0.25, -0.2) is 0 Å².